The van der Waals surface area contributed by atoms with Crippen LogP contribution in [0, 0.1) is 0 Å². The van der Waals surface area contributed by atoms with Gasteiger partial charge < -0.3 is 16.1 Å². The van der Waals surface area contributed by atoms with Gasteiger partial charge in [0.15, 0.2) is 0 Å². The minimum atomic E-state index is -0.270. The van der Waals surface area contributed by atoms with Gasteiger partial charge in [-0.25, -0.2) is 10.8 Å². The van der Waals surface area contributed by atoms with Crippen LogP contribution in [0.4, 0.5) is 5.82 Å². The van der Waals surface area contributed by atoms with Crippen LogP contribution in [0.3, 0.4) is 0 Å². The molecule has 0 saturated carbocycles. The highest BCUT2D eigenvalue weighted by Crippen LogP contribution is 2.03. The number of nitrogen functional groups attached to an aromatic ring is 1. The quantitative estimate of drug-likeness (QED) is 0.428. The zero-order valence-corrected chi connectivity index (χ0v) is 11.1. The number of nitrogens with zero attached hydrogens (tertiary/aromatic N) is 1. The summed E-state index contributed by atoms with van der Waals surface area (Å²) in [7, 11) is 0. The van der Waals surface area contributed by atoms with Crippen LogP contribution in [0.5, 0.6) is 0 Å². The van der Waals surface area contributed by atoms with Gasteiger partial charge >= 0.3 is 0 Å². The van der Waals surface area contributed by atoms with Gasteiger partial charge in [-0.2, -0.15) is 0 Å². The summed E-state index contributed by atoms with van der Waals surface area (Å²) >= 11 is 0. The molecule has 19 heavy (non-hydrogen) atoms. The summed E-state index contributed by atoms with van der Waals surface area (Å²) in [4.78, 5) is 27.0. The predicted molar refractivity (Wildman–Crippen MR) is 72.3 cm³/mol. The predicted octanol–water partition coefficient (Wildman–Crippen LogP) is 0.0117. The summed E-state index contributed by atoms with van der Waals surface area (Å²) in [5.74, 6) is 5.29. The zero-order chi connectivity index (χ0) is 14.3. The maximum Gasteiger partial charge on any atom is 0.252 e. The van der Waals surface area contributed by atoms with Crippen molar-refractivity contribution in [3.05, 3.63) is 23.9 Å². The average molecular weight is 265 g/mol. The topological polar surface area (TPSA) is 109 Å². The Bertz CT molecular complexity index is 430. The molecule has 0 fully saturated rings. The van der Waals surface area contributed by atoms with Crippen molar-refractivity contribution in [1.29, 1.82) is 0 Å². The Morgan fingerprint density at radius 2 is 2.11 bits per heavy atom. The van der Waals surface area contributed by atoms with Gasteiger partial charge in [-0.05, 0) is 26.0 Å². The molecule has 1 aromatic rings. The molecule has 1 rings (SSSR count). The number of hydrazine groups is 1. The molecular formula is C12H19N5O2. The van der Waals surface area contributed by atoms with E-state index in [1.54, 1.807) is 12.1 Å². The summed E-state index contributed by atoms with van der Waals surface area (Å²) in [6, 6.07) is 3.30. The van der Waals surface area contributed by atoms with Gasteiger partial charge in [-0.15, -0.1) is 0 Å². The number of hydrogen-bond donors (Lipinski definition) is 4. The van der Waals surface area contributed by atoms with Crippen LogP contribution in [-0.4, -0.2) is 29.4 Å². The second-order valence-corrected chi connectivity index (χ2v) is 4.30. The van der Waals surface area contributed by atoms with Crippen molar-refractivity contribution in [2.24, 2.45) is 5.84 Å². The highest BCUT2D eigenvalue weighted by atomic mass is 16.2. The molecule has 0 radical (unpaired) electrons. The second kappa shape index (κ2) is 7.32. The standard InChI is InChI=1S/C12H19N5O2/c1-8(2)16-11(18)5-6-14-12(19)9-3-4-10(17-13)15-7-9/h3-4,7-8H,5-6,13H2,1-2H3,(H,14,19)(H,15,17)(H,16,18). The molecule has 1 aromatic heterocycles. The second-order valence-electron chi connectivity index (χ2n) is 4.30. The van der Waals surface area contributed by atoms with Gasteiger partial charge in [0.1, 0.15) is 5.82 Å². The van der Waals surface area contributed by atoms with Gasteiger partial charge in [0.05, 0.1) is 5.56 Å². The highest BCUT2D eigenvalue weighted by molar-refractivity contribution is 5.94. The fourth-order valence-electron chi connectivity index (χ4n) is 1.40. The fourth-order valence-corrected chi connectivity index (χ4v) is 1.40. The Kier molecular flexibility index (Phi) is 5.74. The molecule has 5 N–H and O–H groups in total. The first kappa shape index (κ1) is 14.9. The van der Waals surface area contributed by atoms with E-state index in [0.29, 0.717) is 11.4 Å². The Morgan fingerprint density at radius 1 is 1.37 bits per heavy atom. The molecule has 0 unspecified atom stereocenters. The van der Waals surface area contributed by atoms with Gasteiger partial charge in [0.25, 0.3) is 5.91 Å². The van der Waals surface area contributed by atoms with E-state index in [9.17, 15) is 9.59 Å². The van der Waals surface area contributed by atoms with E-state index in [2.05, 4.69) is 21.0 Å². The first-order valence-corrected chi connectivity index (χ1v) is 6.03. The lowest BCUT2D eigenvalue weighted by Crippen LogP contribution is -2.34. The van der Waals surface area contributed by atoms with E-state index in [1.165, 1.54) is 6.20 Å². The first-order valence-electron chi connectivity index (χ1n) is 6.03. The normalized spacial score (nSPS) is 10.1. The number of aromatic nitrogens is 1. The third kappa shape index (κ3) is 5.35. The van der Waals surface area contributed by atoms with Crippen LogP contribution in [0.1, 0.15) is 30.6 Å². The van der Waals surface area contributed by atoms with Crippen LogP contribution in [0.15, 0.2) is 18.3 Å². The van der Waals surface area contributed by atoms with Crippen molar-refractivity contribution in [2.75, 3.05) is 12.0 Å². The van der Waals surface area contributed by atoms with Crippen molar-refractivity contribution < 1.29 is 9.59 Å². The Hall–Kier alpha value is -2.15. The molecule has 0 atom stereocenters. The maximum absolute atomic E-state index is 11.7. The summed E-state index contributed by atoms with van der Waals surface area (Å²) in [5.41, 5.74) is 2.79. The minimum absolute atomic E-state index is 0.0869. The van der Waals surface area contributed by atoms with Crippen molar-refractivity contribution >= 4 is 17.6 Å². The largest absolute Gasteiger partial charge is 0.354 e. The van der Waals surface area contributed by atoms with Crippen molar-refractivity contribution in [3.63, 3.8) is 0 Å². The molecule has 1 heterocycles. The van der Waals surface area contributed by atoms with Gasteiger partial charge in [0.2, 0.25) is 5.91 Å². The molecule has 0 aromatic carbocycles. The lowest BCUT2D eigenvalue weighted by atomic mass is 10.2. The minimum Gasteiger partial charge on any atom is -0.354 e. The van der Waals surface area contributed by atoms with Crippen LogP contribution in [0.25, 0.3) is 0 Å². The molecule has 0 bridgehead atoms. The molecule has 0 spiro atoms. The van der Waals surface area contributed by atoms with Crippen LogP contribution in [0.2, 0.25) is 0 Å². The third-order valence-corrected chi connectivity index (χ3v) is 2.26. The zero-order valence-electron chi connectivity index (χ0n) is 11.1. The highest BCUT2D eigenvalue weighted by Gasteiger charge is 2.07. The molecule has 7 nitrogen and oxygen atoms in total. The van der Waals surface area contributed by atoms with Gasteiger partial charge in [-0.3, -0.25) is 9.59 Å². The third-order valence-electron chi connectivity index (χ3n) is 2.26. The lowest BCUT2D eigenvalue weighted by Gasteiger charge is -2.09. The first-order chi connectivity index (χ1) is 9.02. The van der Waals surface area contributed by atoms with E-state index >= 15 is 0 Å². The molecule has 0 aliphatic rings. The molecule has 2 amide bonds. The Morgan fingerprint density at radius 3 is 2.63 bits per heavy atom. The number of carbonyl (C=O) groups excluding carboxylic acids is 2. The molecule has 7 heteroatoms. The lowest BCUT2D eigenvalue weighted by molar-refractivity contribution is -0.121. The Balaban J connectivity index is 2.36. The number of amides is 2. The summed E-state index contributed by atoms with van der Waals surface area (Å²) in [6.45, 7) is 4.05. The number of nitrogens with two attached hydrogens (primary N) is 1. The molecule has 104 valence electrons. The number of hydrogen-bond acceptors (Lipinski definition) is 5. The Labute approximate surface area is 111 Å². The summed E-state index contributed by atoms with van der Waals surface area (Å²) in [6.07, 6.45) is 1.67. The van der Waals surface area contributed by atoms with Crippen LogP contribution < -0.4 is 21.9 Å². The molecule has 0 saturated heterocycles. The number of nitrogens with one attached hydrogen (secondary N) is 3. The van der Waals surface area contributed by atoms with Crippen molar-refractivity contribution in [2.45, 2.75) is 26.3 Å². The number of pyridine rings is 1. The number of anilines is 1. The average Bonchev–Trinajstić information content (AvgIpc) is 2.37. The van der Waals surface area contributed by atoms with Crippen molar-refractivity contribution in [3.8, 4) is 0 Å². The molecule has 0 aliphatic heterocycles. The van der Waals surface area contributed by atoms with Crippen LogP contribution >= 0.6 is 0 Å². The van der Waals surface area contributed by atoms with Crippen LogP contribution in [-0.2, 0) is 4.79 Å². The monoisotopic (exact) mass is 265 g/mol. The van der Waals surface area contributed by atoms with Crippen molar-refractivity contribution in [1.82, 2.24) is 15.6 Å². The molecule has 0 aliphatic carbocycles. The smallest absolute Gasteiger partial charge is 0.252 e. The number of carbonyl (C=O) groups is 2. The number of rotatable bonds is 6. The van der Waals surface area contributed by atoms with E-state index in [4.69, 9.17) is 5.84 Å². The van der Waals surface area contributed by atoms with E-state index in [0.717, 1.165) is 0 Å². The van der Waals surface area contributed by atoms with E-state index < -0.39 is 0 Å². The molecular weight excluding hydrogens is 246 g/mol. The summed E-state index contributed by atoms with van der Waals surface area (Å²) in [5, 5.41) is 5.40. The van der Waals surface area contributed by atoms with Gasteiger partial charge in [-0.1, -0.05) is 0 Å². The van der Waals surface area contributed by atoms with E-state index in [-0.39, 0.29) is 30.8 Å². The maximum atomic E-state index is 11.7. The van der Waals surface area contributed by atoms with E-state index in [1.807, 2.05) is 13.8 Å². The van der Waals surface area contributed by atoms with Gasteiger partial charge in [0, 0.05) is 25.2 Å². The summed E-state index contributed by atoms with van der Waals surface area (Å²) < 4.78 is 0. The SMILES string of the molecule is CC(C)NC(=O)CCNC(=O)c1ccc(NN)nc1. The fraction of sp³-hybridized carbons (Fsp3) is 0.417.